The van der Waals surface area contributed by atoms with Crippen LogP contribution in [0, 0.1) is 0 Å². The summed E-state index contributed by atoms with van der Waals surface area (Å²) in [4.78, 5) is 29.2. The smallest absolute Gasteiger partial charge is 0.240 e. The van der Waals surface area contributed by atoms with Gasteiger partial charge in [-0.2, -0.15) is 10.2 Å². The van der Waals surface area contributed by atoms with Crippen molar-refractivity contribution < 1.29 is 43.5 Å². The molecule has 81 heavy (non-hydrogen) atoms. The standard InChI is InChI=1S/C30H33ClN4O4.C15H20ClN3O2.C15H13NO2.C2H6O/c31-23-17-20(24-12-14-29(37)35-34-24)11-13-27(23)38-16-5-1-4-15-32-18-21(36)19-39-28-10-6-9-26-30(28)22-7-2-3-8-25(22)33-26;16-12-10-11(13-5-7-15(20)19-18-13)4-6-14(12)21-9-3-1-2-8-17;1-2-5-12-11(4-1)15-13(16-12)6-3-7-14(15)18-9-10-8-17-10;1-2-3/h2-3,6-11,13,17,21,32-33,36H,1,4-5,12,14-16,18-19H2,(H,35,37);4,6,10H,1-3,5,7-9,17H2,(H,19,20);1-7,10,16H,8-9H2;3H,2H2,1H3. The molecule has 17 nitrogen and oxygen atoms in total. The Morgan fingerprint density at radius 1 is 0.630 bits per heavy atom. The summed E-state index contributed by atoms with van der Waals surface area (Å²) in [5.41, 5.74) is 18.2. The lowest BCUT2D eigenvalue weighted by atomic mass is 10.0. The minimum atomic E-state index is -0.602. The quantitative estimate of drug-likeness (QED) is 0.0221. The average molecular weight is 1140 g/mol. The van der Waals surface area contributed by atoms with Gasteiger partial charge < -0.3 is 54.9 Å². The molecule has 0 spiro atoms. The van der Waals surface area contributed by atoms with E-state index in [4.69, 9.17) is 57.7 Å². The van der Waals surface area contributed by atoms with Crippen molar-refractivity contribution >= 4 is 90.1 Å². The number of aromatic nitrogens is 2. The fourth-order valence-corrected chi connectivity index (χ4v) is 9.58. The number of fused-ring (bicyclic) bond motifs is 6. The van der Waals surface area contributed by atoms with Crippen LogP contribution in [0.1, 0.15) is 82.3 Å². The number of epoxide rings is 1. The average Bonchev–Trinajstić information content (AvgIpc) is 4.30. The van der Waals surface area contributed by atoms with E-state index in [9.17, 15) is 14.7 Å². The topological polar surface area (TPSA) is 242 Å². The number of rotatable bonds is 23. The Balaban J connectivity index is 0.000000171. The van der Waals surface area contributed by atoms with Crippen LogP contribution < -0.4 is 40.8 Å². The summed E-state index contributed by atoms with van der Waals surface area (Å²) in [6.07, 6.45) is 7.70. The molecule has 3 aliphatic rings. The van der Waals surface area contributed by atoms with Crippen LogP contribution in [-0.4, -0.2) is 115 Å². The molecule has 0 aliphatic carbocycles. The van der Waals surface area contributed by atoms with E-state index in [0.717, 1.165) is 124 Å². The number of ether oxygens (including phenoxy) is 5. The number of nitrogens with one attached hydrogen (secondary N) is 5. The van der Waals surface area contributed by atoms with Gasteiger partial charge in [-0.05, 0) is 142 Å². The van der Waals surface area contributed by atoms with Gasteiger partial charge in [0.05, 0.1) is 52.3 Å². The lowest BCUT2D eigenvalue weighted by molar-refractivity contribution is -0.122. The molecule has 8 aromatic rings. The number of carbonyl (C=O) groups excluding carboxylic acids is 2. The van der Waals surface area contributed by atoms with Gasteiger partial charge in [0.25, 0.3) is 0 Å². The highest BCUT2D eigenvalue weighted by molar-refractivity contribution is 6.33. The zero-order chi connectivity index (χ0) is 56.8. The third-order valence-electron chi connectivity index (χ3n) is 13.3. The SMILES string of the molecule is CCO.NCCCCCOc1ccc(C2=NNC(=O)CC2)cc1Cl.O=C1CCC(c2ccc(OCCCCCNCC(O)COc3cccc4[nH]c5ccccc5c34)c(Cl)c2)=NN1.c1ccc2c(c1)[nH]c1cccc(OCC3CO3)c12. The van der Waals surface area contributed by atoms with Crippen LogP contribution in [0.15, 0.2) is 132 Å². The van der Waals surface area contributed by atoms with Crippen LogP contribution in [0.4, 0.5) is 0 Å². The van der Waals surface area contributed by atoms with Crippen LogP contribution in [0.5, 0.6) is 23.0 Å². The van der Waals surface area contributed by atoms with Gasteiger partial charge in [-0.3, -0.25) is 9.59 Å². The number of aliphatic hydroxyl groups is 2. The summed E-state index contributed by atoms with van der Waals surface area (Å²) in [7, 11) is 0. The van der Waals surface area contributed by atoms with E-state index in [1.165, 1.54) is 5.39 Å². The normalized spacial score (nSPS) is 15.0. The highest BCUT2D eigenvalue weighted by Gasteiger charge is 2.24. The van der Waals surface area contributed by atoms with Gasteiger partial charge in [-0.1, -0.05) is 71.7 Å². The highest BCUT2D eigenvalue weighted by Crippen LogP contribution is 2.35. The molecule has 2 unspecified atom stereocenters. The van der Waals surface area contributed by atoms with E-state index in [1.807, 2.05) is 91.0 Å². The van der Waals surface area contributed by atoms with Gasteiger partial charge in [0.2, 0.25) is 11.8 Å². The molecule has 11 rings (SSSR count). The largest absolute Gasteiger partial charge is 0.492 e. The number of nitrogens with zero attached hydrogens (tertiary/aromatic N) is 2. The van der Waals surface area contributed by atoms with Gasteiger partial charge in [-0.15, -0.1) is 0 Å². The summed E-state index contributed by atoms with van der Waals surface area (Å²) in [5.74, 6) is 2.90. The monoisotopic (exact) mass is 1140 g/mol. The Kier molecular flexibility index (Phi) is 23.0. The highest BCUT2D eigenvalue weighted by atomic mass is 35.5. The second kappa shape index (κ2) is 31.1. The van der Waals surface area contributed by atoms with Crippen molar-refractivity contribution in [2.24, 2.45) is 15.9 Å². The van der Waals surface area contributed by atoms with Crippen molar-refractivity contribution in [3.63, 3.8) is 0 Å². The minimum Gasteiger partial charge on any atom is -0.492 e. The second-order valence-electron chi connectivity index (χ2n) is 19.5. The van der Waals surface area contributed by atoms with Gasteiger partial charge in [-0.25, -0.2) is 10.9 Å². The van der Waals surface area contributed by atoms with E-state index < -0.39 is 6.10 Å². The summed E-state index contributed by atoms with van der Waals surface area (Å²) >= 11 is 12.6. The number of benzene rings is 6. The maximum Gasteiger partial charge on any atom is 0.240 e. The second-order valence-corrected chi connectivity index (χ2v) is 20.3. The van der Waals surface area contributed by atoms with Crippen LogP contribution in [0.3, 0.4) is 0 Å². The molecule has 428 valence electrons. The summed E-state index contributed by atoms with van der Waals surface area (Å²) in [5, 5.41) is 35.1. The van der Waals surface area contributed by atoms with E-state index in [1.54, 1.807) is 6.92 Å². The van der Waals surface area contributed by atoms with Crippen LogP contribution >= 0.6 is 23.2 Å². The first-order valence-electron chi connectivity index (χ1n) is 27.7. The predicted molar refractivity (Wildman–Crippen MR) is 322 cm³/mol. The molecule has 3 aliphatic heterocycles. The predicted octanol–water partition coefficient (Wildman–Crippen LogP) is 10.7. The molecule has 0 saturated carbocycles. The van der Waals surface area contributed by atoms with Gasteiger partial charge in [0, 0.05) is 71.4 Å². The number of amides is 2. The molecule has 0 bridgehead atoms. The number of para-hydroxylation sites is 2. The van der Waals surface area contributed by atoms with Crippen molar-refractivity contribution in [2.45, 2.75) is 83.3 Å². The Morgan fingerprint density at radius 2 is 1.12 bits per heavy atom. The molecule has 2 atom stereocenters. The molecule has 0 radical (unpaired) electrons. The fourth-order valence-electron chi connectivity index (χ4n) is 9.11. The lowest BCUT2D eigenvalue weighted by Gasteiger charge is -2.14. The van der Waals surface area contributed by atoms with Gasteiger partial charge in [0.15, 0.2) is 0 Å². The summed E-state index contributed by atoms with van der Waals surface area (Å²) in [6, 6.07) is 39.7. The lowest BCUT2D eigenvalue weighted by Crippen LogP contribution is -2.32. The molecule has 19 heteroatoms. The molecule has 1 saturated heterocycles. The maximum atomic E-state index is 11.3. The number of H-pyrrole nitrogens is 2. The molecule has 5 heterocycles. The Labute approximate surface area is 481 Å². The van der Waals surface area contributed by atoms with Crippen LogP contribution in [-0.2, 0) is 14.3 Å². The van der Waals surface area contributed by atoms with Gasteiger partial charge >= 0.3 is 0 Å². The number of hydrazone groups is 2. The van der Waals surface area contributed by atoms with E-state index >= 15 is 0 Å². The van der Waals surface area contributed by atoms with Crippen molar-refractivity contribution in [1.82, 2.24) is 26.1 Å². The first-order valence-corrected chi connectivity index (χ1v) is 28.5. The number of aliphatic hydroxyl groups excluding tert-OH is 2. The Hall–Kier alpha value is -7.22. The van der Waals surface area contributed by atoms with Crippen molar-refractivity contribution in [3.8, 4) is 23.0 Å². The summed E-state index contributed by atoms with van der Waals surface area (Å²) < 4.78 is 28.5. The third kappa shape index (κ3) is 17.6. The zero-order valence-electron chi connectivity index (χ0n) is 45.6. The van der Waals surface area contributed by atoms with Crippen molar-refractivity contribution in [1.29, 1.82) is 0 Å². The van der Waals surface area contributed by atoms with Gasteiger partial charge in [0.1, 0.15) is 48.4 Å². The number of halogens is 2. The minimum absolute atomic E-state index is 0.0534. The van der Waals surface area contributed by atoms with E-state index in [0.29, 0.717) is 80.1 Å². The first-order chi connectivity index (χ1) is 39.6. The fraction of sp³-hybridized carbons (Fsp3) is 0.355. The maximum absolute atomic E-state index is 11.3. The van der Waals surface area contributed by atoms with E-state index in [2.05, 4.69) is 66.7 Å². The Bertz CT molecular complexity index is 3400. The first kappa shape index (κ1) is 59.9. The third-order valence-corrected chi connectivity index (χ3v) is 13.9. The summed E-state index contributed by atoms with van der Waals surface area (Å²) in [6.45, 7) is 6.82. The number of hydrogen-bond donors (Lipinski definition) is 8. The van der Waals surface area contributed by atoms with Crippen LogP contribution in [0.2, 0.25) is 10.0 Å². The molecular weight excluding hydrogens is 1070 g/mol. The zero-order valence-corrected chi connectivity index (χ0v) is 47.1. The Morgan fingerprint density at radius 3 is 1.60 bits per heavy atom. The molecule has 6 aromatic carbocycles. The van der Waals surface area contributed by atoms with Crippen molar-refractivity contribution in [3.05, 3.63) is 142 Å². The van der Waals surface area contributed by atoms with Crippen molar-refractivity contribution in [2.75, 3.05) is 59.3 Å². The molecule has 2 aromatic heterocycles. The number of unbranched alkanes of at least 4 members (excludes halogenated alkanes) is 4. The molecule has 2 amide bonds. The van der Waals surface area contributed by atoms with E-state index in [-0.39, 0.29) is 31.1 Å². The van der Waals surface area contributed by atoms with Crippen LogP contribution in [0.25, 0.3) is 43.6 Å². The molecule has 9 N–H and O–H groups in total. The number of nitrogens with two attached hydrogens (primary N) is 1. The molecular formula is C62H72Cl2N8O9. The molecule has 1 fully saturated rings. The number of aromatic amines is 2. The number of hydrogen-bond acceptors (Lipinski definition) is 13. The number of carbonyl (C=O) groups is 2.